The molecular formula is C24H22N4O4. The van der Waals surface area contributed by atoms with Gasteiger partial charge in [0, 0.05) is 29.5 Å². The number of amides is 3. The van der Waals surface area contributed by atoms with Crippen LogP contribution in [0.25, 0.3) is 10.9 Å². The molecule has 0 aliphatic carbocycles. The van der Waals surface area contributed by atoms with E-state index in [1.807, 2.05) is 49.4 Å². The number of oxime groups is 1. The molecule has 2 N–H and O–H groups in total. The maximum Gasteiger partial charge on any atom is 0.322 e. The number of benzene rings is 2. The van der Waals surface area contributed by atoms with Crippen molar-refractivity contribution in [2.24, 2.45) is 5.16 Å². The zero-order valence-electron chi connectivity index (χ0n) is 17.5. The molecule has 0 radical (unpaired) electrons. The molecule has 1 aromatic heterocycles. The first kappa shape index (κ1) is 20.0. The van der Waals surface area contributed by atoms with Crippen LogP contribution >= 0.6 is 0 Å². The van der Waals surface area contributed by atoms with E-state index in [-0.39, 0.29) is 12.0 Å². The molecule has 2 atom stereocenters. The first-order chi connectivity index (χ1) is 15.5. The second-order valence-corrected chi connectivity index (χ2v) is 7.97. The Morgan fingerprint density at radius 2 is 1.94 bits per heavy atom. The van der Waals surface area contributed by atoms with Crippen molar-refractivity contribution < 1.29 is 19.2 Å². The number of carbonyl (C=O) groups excluding carboxylic acids is 2. The fourth-order valence-corrected chi connectivity index (χ4v) is 4.03. The number of nitrogens with zero attached hydrogens (tertiary/aromatic N) is 2. The number of carbonyl (C=O) groups is 2. The van der Waals surface area contributed by atoms with Crippen LogP contribution in [-0.2, 0) is 16.2 Å². The molecule has 32 heavy (non-hydrogen) atoms. The molecule has 3 aromatic rings. The van der Waals surface area contributed by atoms with Gasteiger partial charge in [0.25, 0.3) is 5.91 Å². The molecular weight excluding hydrogens is 408 g/mol. The van der Waals surface area contributed by atoms with E-state index in [1.165, 1.54) is 0 Å². The molecule has 162 valence electrons. The number of aromatic nitrogens is 1. The van der Waals surface area contributed by atoms with Gasteiger partial charge in [0.1, 0.15) is 24.5 Å². The second kappa shape index (κ2) is 8.30. The highest BCUT2D eigenvalue weighted by atomic mass is 16.6. The predicted molar refractivity (Wildman–Crippen MR) is 118 cm³/mol. The highest BCUT2D eigenvalue weighted by Gasteiger charge is 2.34. The van der Waals surface area contributed by atoms with Gasteiger partial charge in [0.15, 0.2) is 0 Å². The van der Waals surface area contributed by atoms with Crippen LogP contribution in [-0.4, -0.2) is 34.8 Å². The summed E-state index contributed by atoms with van der Waals surface area (Å²) in [6.45, 7) is 2.43. The van der Waals surface area contributed by atoms with Crippen LogP contribution in [0.4, 0.5) is 4.79 Å². The summed E-state index contributed by atoms with van der Waals surface area (Å²) in [5.41, 5.74) is 4.76. The molecule has 2 unspecified atom stereocenters. The Kier molecular flexibility index (Phi) is 5.18. The number of para-hydroxylation sites is 1. The van der Waals surface area contributed by atoms with E-state index >= 15 is 0 Å². The molecule has 5 rings (SSSR count). The number of hydrogen-bond acceptors (Lipinski definition) is 6. The molecule has 8 heteroatoms. The van der Waals surface area contributed by atoms with E-state index < -0.39 is 12.1 Å². The van der Waals surface area contributed by atoms with Crippen LogP contribution in [0.3, 0.4) is 0 Å². The van der Waals surface area contributed by atoms with Crippen LogP contribution in [0.2, 0.25) is 0 Å². The quantitative estimate of drug-likeness (QED) is 0.585. The number of imide groups is 1. The van der Waals surface area contributed by atoms with Gasteiger partial charge in [-0.3, -0.25) is 15.1 Å². The minimum atomic E-state index is -0.578. The average Bonchev–Trinajstić information content (AvgIpc) is 3.38. The van der Waals surface area contributed by atoms with Crippen molar-refractivity contribution >= 4 is 28.6 Å². The van der Waals surface area contributed by atoms with Crippen molar-refractivity contribution in [2.75, 3.05) is 0 Å². The van der Waals surface area contributed by atoms with Gasteiger partial charge >= 0.3 is 6.03 Å². The van der Waals surface area contributed by atoms with Crippen LogP contribution in [0.1, 0.15) is 29.7 Å². The van der Waals surface area contributed by atoms with E-state index in [0.717, 1.165) is 39.2 Å². The zero-order chi connectivity index (χ0) is 22.1. The predicted octanol–water partition coefficient (Wildman–Crippen LogP) is 3.21. The molecule has 3 amide bonds. The van der Waals surface area contributed by atoms with Crippen LogP contribution in [0.5, 0.6) is 5.75 Å². The number of rotatable bonds is 6. The van der Waals surface area contributed by atoms with Crippen molar-refractivity contribution in [1.29, 1.82) is 0 Å². The third-order valence-electron chi connectivity index (χ3n) is 5.60. The average molecular weight is 430 g/mol. The topological polar surface area (TPSA) is 102 Å². The van der Waals surface area contributed by atoms with Crippen molar-refractivity contribution in [3.63, 3.8) is 0 Å². The first-order valence-corrected chi connectivity index (χ1v) is 10.5. The summed E-state index contributed by atoms with van der Waals surface area (Å²) in [5, 5.41) is 10.1. The Morgan fingerprint density at radius 1 is 1.12 bits per heavy atom. The number of hydrogen-bond donors (Lipinski definition) is 2. The largest absolute Gasteiger partial charge is 0.489 e. The summed E-state index contributed by atoms with van der Waals surface area (Å²) in [6.07, 6.45) is 0.700. The minimum Gasteiger partial charge on any atom is -0.489 e. The molecule has 8 nitrogen and oxygen atoms in total. The lowest BCUT2D eigenvalue weighted by Gasteiger charge is -2.12. The molecule has 0 saturated carbocycles. The molecule has 1 fully saturated rings. The zero-order valence-corrected chi connectivity index (χ0v) is 17.5. The van der Waals surface area contributed by atoms with Gasteiger partial charge in [-0.05, 0) is 48.9 Å². The maximum absolute atomic E-state index is 11.7. The van der Waals surface area contributed by atoms with Gasteiger partial charge in [-0.15, -0.1) is 0 Å². The monoisotopic (exact) mass is 430 g/mol. The Bertz CT molecular complexity index is 1220. The third-order valence-corrected chi connectivity index (χ3v) is 5.60. The summed E-state index contributed by atoms with van der Waals surface area (Å²) in [5.74, 6) is 0.430. The fraction of sp³-hybridized carbons (Fsp3) is 0.250. The summed E-state index contributed by atoms with van der Waals surface area (Å²) < 4.78 is 6.02. The number of nitrogens with one attached hydrogen (secondary N) is 2. The maximum atomic E-state index is 11.7. The number of fused-ring (bicyclic) bond motifs is 1. The van der Waals surface area contributed by atoms with Gasteiger partial charge in [-0.2, -0.15) is 0 Å². The van der Waals surface area contributed by atoms with E-state index in [4.69, 9.17) is 9.57 Å². The van der Waals surface area contributed by atoms with Gasteiger partial charge in [0.05, 0.1) is 11.2 Å². The van der Waals surface area contributed by atoms with Gasteiger partial charge in [-0.1, -0.05) is 23.4 Å². The highest BCUT2D eigenvalue weighted by Crippen LogP contribution is 2.24. The highest BCUT2D eigenvalue weighted by molar-refractivity contribution is 6.04. The Morgan fingerprint density at radius 3 is 2.72 bits per heavy atom. The molecule has 1 saturated heterocycles. The normalized spacial score (nSPS) is 20.0. The summed E-state index contributed by atoms with van der Waals surface area (Å²) >= 11 is 0. The van der Waals surface area contributed by atoms with Gasteiger partial charge in [-0.25, -0.2) is 4.79 Å². The van der Waals surface area contributed by atoms with Crippen LogP contribution in [0, 0.1) is 6.92 Å². The van der Waals surface area contributed by atoms with E-state index in [0.29, 0.717) is 19.4 Å². The molecule has 2 aromatic carbocycles. The lowest BCUT2D eigenvalue weighted by molar-refractivity contribution is -0.121. The number of urea groups is 1. The summed E-state index contributed by atoms with van der Waals surface area (Å²) in [4.78, 5) is 33.0. The van der Waals surface area contributed by atoms with E-state index in [2.05, 4.69) is 32.9 Å². The number of ether oxygens (including phenoxy) is 1. The Hall–Kier alpha value is -3.94. The Labute approximate surface area is 184 Å². The SMILES string of the molecule is Cc1cc(COc2ccc(C3=NOC(CC4NC(=O)NC4=O)C3)cc2)c2ccccc2n1. The van der Waals surface area contributed by atoms with E-state index in [9.17, 15) is 9.59 Å². The van der Waals surface area contributed by atoms with Gasteiger partial charge in [0.2, 0.25) is 0 Å². The van der Waals surface area contributed by atoms with E-state index in [1.54, 1.807) is 0 Å². The van der Waals surface area contributed by atoms with Gasteiger partial charge < -0.3 is 14.9 Å². The minimum absolute atomic E-state index is 0.252. The van der Waals surface area contributed by atoms with Crippen molar-refractivity contribution in [3.05, 3.63) is 71.4 Å². The lowest BCUT2D eigenvalue weighted by Crippen LogP contribution is -2.33. The fourth-order valence-electron chi connectivity index (χ4n) is 4.03. The Balaban J connectivity index is 1.20. The summed E-state index contributed by atoms with van der Waals surface area (Å²) in [6, 6.07) is 16.8. The molecule has 0 spiro atoms. The second-order valence-electron chi connectivity index (χ2n) is 7.97. The molecule has 3 heterocycles. The van der Waals surface area contributed by atoms with Crippen LogP contribution < -0.4 is 15.4 Å². The number of pyridine rings is 1. The standard InChI is InChI=1S/C24H22N4O4/c1-14-10-16(19-4-2-3-5-20(19)25-14)13-31-17-8-6-15(7-9-17)21-11-18(32-28-21)12-22-23(29)27-24(30)26-22/h2-10,18,22H,11-13H2,1H3,(H2,26,27,29,30). The summed E-state index contributed by atoms with van der Waals surface area (Å²) in [7, 11) is 0. The number of aryl methyl sites for hydroxylation is 1. The third kappa shape index (κ3) is 4.12. The molecule has 0 bridgehead atoms. The lowest BCUT2D eigenvalue weighted by atomic mass is 10.0. The molecule has 2 aliphatic heterocycles. The van der Waals surface area contributed by atoms with Crippen molar-refractivity contribution in [2.45, 2.75) is 38.5 Å². The molecule has 2 aliphatic rings. The first-order valence-electron chi connectivity index (χ1n) is 10.5. The van der Waals surface area contributed by atoms with Crippen molar-refractivity contribution in [1.82, 2.24) is 15.6 Å². The van der Waals surface area contributed by atoms with Crippen molar-refractivity contribution in [3.8, 4) is 5.75 Å². The van der Waals surface area contributed by atoms with Crippen LogP contribution in [0.15, 0.2) is 59.8 Å². The smallest absolute Gasteiger partial charge is 0.322 e.